The van der Waals surface area contributed by atoms with Crippen molar-refractivity contribution in [1.82, 2.24) is 0 Å². The van der Waals surface area contributed by atoms with Gasteiger partial charge < -0.3 is 19.0 Å². The van der Waals surface area contributed by atoms with Gasteiger partial charge in [0.25, 0.3) is 0 Å². The number of hydrogen-bond acceptors (Lipinski definition) is 6. The third-order valence-corrected chi connectivity index (χ3v) is 7.71. The zero-order chi connectivity index (χ0) is 25.2. The molecule has 0 spiro atoms. The van der Waals surface area contributed by atoms with Gasteiger partial charge in [0.1, 0.15) is 18.1 Å². The molecule has 1 aromatic carbocycles. The molecule has 7 nitrogen and oxygen atoms in total. The molecule has 1 aliphatic carbocycles. The summed E-state index contributed by atoms with van der Waals surface area (Å²) in [5, 5.41) is 9.25. The van der Waals surface area contributed by atoms with Crippen LogP contribution >= 0.6 is 0 Å². The molecule has 190 valence electrons. The highest BCUT2D eigenvalue weighted by Crippen LogP contribution is 2.50. The van der Waals surface area contributed by atoms with Gasteiger partial charge in [-0.3, -0.25) is 14.5 Å². The summed E-state index contributed by atoms with van der Waals surface area (Å²) >= 11 is 0. The Morgan fingerprint density at radius 1 is 1.14 bits per heavy atom. The number of carbonyl (C=O) groups is 2. The monoisotopic (exact) mass is 491 g/mol. The third kappa shape index (κ3) is 4.47. The van der Waals surface area contributed by atoms with Gasteiger partial charge in [0.05, 0.1) is 36.8 Å². The molecule has 2 aliphatic heterocycles. The standard InChI is InChI=1S/C29H33NO6/c1-3-18(13-21-10-11-22(15-31)36-21)9-12-25-26-19(16-34-2)14-23-27(24(26)17-35-25)29(33)30(28(23)32)20-7-5-4-6-8-20/h4-8,10-11,13,23-25,27,31H,3,9,12,14-17H2,1-2H3/b18-13+/t23-,24+,25-,27-/m1/s1. The summed E-state index contributed by atoms with van der Waals surface area (Å²) in [5.41, 5.74) is 4.12. The fraction of sp³-hybridized carbons (Fsp3) is 0.448. The van der Waals surface area contributed by atoms with Crippen LogP contribution in [0.3, 0.4) is 0 Å². The van der Waals surface area contributed by atoms with Crippen LogP contribution in [0.1, 0.15) is 44.1 Å². The summed E-state index contributed by atoms with van der Waals surface area (Å²) in [4.78, 5) is 28.3. The smallest absolute Gasteiger partial charge is 0.238 e. The van der Waals surface area contributed by atoms with E-state index in [2.05, 4.69) is 6.92 Å². The molecular formula is C29H33NO6. The lowest BCUT2D eigenvalue weighted by Gasteiger charge is -2.31. The van der Waals surface area contributed by atoms with E-state index in [-0.39, 0.29) is 42.3 Å². The number of aliphatic hydroxyl groups excluding tert-OH is 1. The third-order valence-electron chi connectivity index (χ3n) is 7.71. The number of imide groups is 1. The van der Waals surface area contributed by atoms with Crippen LogP contribution in [0.15, 0.2) is 63.6 Å². The van der Waals surface area contributed by atoms with E-state index in [1.165, 1.54) is 10.5 Å². The van der Waals surface area contributed by atoms with Crippen molar-refractivity contribution in [2.75, 3.05) is 25.2 Å². The molecule has 0 unspecified atom stereocenters. The summed E-state index contributed by atoms with van der Waals surface area (Å²) < 4.78 is 17.5. The zero-order valence-electron chi connectivity index (χ0n) is 20.8. The van der Waals surface area contributed by atoms with E-state index in [1.54, 1.807) is 13.2 Å². The maximum atomic E-state index is 13.6. The van der Waals surface area contributed by atoms with Gasteiger partial charge in [-0.25, -0.2) is 0 Å². The molecule has 0 radical (unpaired) electrons. The number of para-hydroxylation sites is 1. The maximum absolute atomic E-state index is 13.6. The van der Waals surface area contributed by atoms with Crippen molar-refractivity contribution in [3.63, 3.8) is 0 Å². The normalized spacial score (nSPS) is 26.1. The molecule has 0 bridgehead atoms. The molecule has 0 saturated carbocycles. The van der Waals surface area contributed by atoms with Crippen LogP contribution in [-0.2, 0) is 25.7 Å². The quantitative estimate of drug-likeness (QED) is 0.410. The van der Waals surface area contributed by atoms with Crippen LogP contribution < -0.4 is 4.90 Å². The number of carbonyl (C=O) groups excluding carboxylic acids is 2. The number of ether oxygens (including phenoxy) is 2. The van der Waals surface area contributed by atoms with Gasteiger partial charge in [-0.05, 0) is 67.2 Å². The number of anilines is 1. The lowest BCUT2D eigenvalue weighted by Crippen LogP contribution is -2.35. The highest BCUT2D eigenvalue weighted by atomic mass is 16.5. The molecule has 3 heterocycles. The molecule has 2 fully saturated rings. The Labute approximate surface area is 211 Å². The number of fused-ring (bicyclic) bond motifs is 3. The second-order valence-corrected chi connectivity index (χ2v) is 9.76. The lowest BCUT2D eigenvalue weighted by molar-refractivity contribution is -0.122. The molecule has 5 rings (SSSR count). The van der Waals surface area contributed by atoms with Gasteiger partial charge in [0, 0.05) is 13.0 Å². The van der Waals surface area contributed by atoms with Crippen LogP contribution in [0, 0.1) is 17.8 Å². The van der Waals surface area contributed by atoms with Crippen LogP contribution in [0.5, 0.6) is 0 Å². The first-order chi connectivity index (χ1) is 17.5. The number of nitrogens with zero attached hydrogens (tertiary/aromatic N) is 1. The van der Waals surface area contributed by atoms with E-state index in [0.29, 0.717) is 31.1 Å². The lowest BCUT2D eigenvalue weighted by atomic mass is 9.69. The van der Waals surface area contributed by atoms with Crippen LogP contribution in [0.4, 0.5) is 5.69 Å². The average molecular weight is 492 g/mol. The number of methoxy groups -OCH3 is 1. The summed E-state index contributed by atoms with van der Waals surface area (Å²) in [7, 11) is 1.67. The van der Waals surface area contributed by atoms with Gasteiger partial charge >= 0.3 is 0 Å². The largest absolute Gasteiger partial charge is 0.459 e. The van der Waals surface area contributed by atoms with Gasteiger partial charge in [-0.2, -0.15) is 0 Å². The number of amides is 2. The van der Waals surface area contributed by atoms with Gasteiger partial charge in [-0.1, -0.05) is 30.7 Å². The first kappa shape index (κ1) is 24.7. The first-order valence-electron chi connectivity index (χ1n) is 12.7. The Bertz CT molecular complexity index is 1180. The minimum Gasteiger partial charge on any atom is -0.459 e. The van der Waals surface area contributed by atoms with Crippen molar-refractivity contribution in [2.24, 2.45) is 17.8 Å². The highest BCUT2D eigenvalue weighted by Gasteiger charge is 2.57. The predicted molar refractivity (Wildman–Crippen MR) is 135 cm³/mol. The average Bonchev–Trinajstić information content (AvgIpc) is 3.59. The highest BCUT2D eigenvalue weighted by molar-refractivity contribution is 6.22. The summed E-state index contributed by atoms with van der Waals surface area (Å²) in [6.07, 6.45) is 4.95. The Balaban J connectivity index is 1.37. The summed E-state index contributed by atoms with van der Waals surface area (Å²) in [6, 6.07) is 12.8. The minimum atomic E-state index is -0.389. The molecule has 7 heteroatoms. The van der Waals surface area contributed by atoms with E-state index in [9.17, 15) is 14.7 Å². The Morgan fingerprint density at radius 2 is 1.94 bits per heavy atom. The molecule has 4 atom stereocenters. The van der Waals surface area contributed by atoms with E-state index >= 15 is 0 Å². The molecule has 3 aliphatic rings. The number of aliphatic hydroxyl groups is 1. The minimum absolute atomic E-state index is 0.102. The second-order valence-electron chi connectivity index (χ2n) is 9.76. The number of benzene rings is 1. The first-order valence-corrected chi connectivity index (χ1v) is 12.7. The molecule has 2 saturated heterocycles. The fourth-order valence-corrected chi connectivity index (χ4v) is 6.04. The second kappa shape index (κ2) is 10.5. The summed E-state index contributed by atoms with van der Waals surface area (Å²) in [5.74, 6) is 0.178. The van der Waals surface area contributed by atoms with Crippen LogP contribution in [0.25, 0.3) is 6.08 Å². The van der Waals surface area contributed by atoms with Crippen molar-refractivity contribution in [3.8, 4) is 0 Å². The van der Waals surface area contributed by atoms with E-state index in [0.717, 1.165) is 36.2 Å². The van der Waals surface area contributed by atoms with Crippen molar-refractivity contribution >= 4 is 23.6 Å². The van der Waals surface area contributed by atoms with Crippen molar-refractivity contribution in [1.29, 1.82) is 0 Å². The Kier molecular flexibility index (Phi) is 7.23. The van der Waals surface area contributed by atoms with Crippen molar-refractivity contribution in [2.45, 2.75) is 45.3 Å². The number of allylic oxidation sites excluding steroid dienone is 1. The molecule has 2 amide bonds. The Morgan fingerprint density at radius 3 is 2.64 bits per heavy atom. The van der Waals surface area contributed by atoms with E-state index < -0.39 is 0 Å². The number of furan rings is 1. The van der Waals surface area contributed by atoms with Crippen LogP contribution in [-0.4, -0.2) is 43.3 Å². The maximum Gasteiger partial charge on any atom is 0.238 e. The molecule has 2 aromatic rings. The SMILES string of the molecule is CC/C(=C\c1ccc(CO)o1)CC[C@H]1OC[C@H]2C1=C(COC)C[C@H]1C(=O)N(c3ccccc3)C(=O)[C@H]12. The predicted octanol–water partition coefficient (Wildman–Crippen LogP) is 4.51. The van der Waals surface area contributed by atoms with Gasteiger partial charge in [0.2, 0.25) is 11.8 Å². The van der Waals surface area contributed by atoms with Gasteiger partial charge in [0.15, 0.2) is 0 Å². The molecule has 1 N–H and O–H groups in total. The zero-order valence-corrected chi connectivity index (χ0v) is 20.8. The molecule has 1 aromatic heterocycles. The van der Waals surface area contributed by atoms with E-state index in [4.69, 9.17) is 13.9 Å². The molecule has 36 heavy (non-hydrogen) atoms. The number of hydrogen-bond donors (Lipinski definition) is 1. The van der Waals surface area contributed by atoms with Crippen molar-refractivity contribution < 1.29 is 28.6 Å². The summed E-state index contributed by atoms with van der Waals surface area (Å²) in [6.45, 7) is 2.88. The fourth-order valence-electron chi connectivity index (χ4n) is 6.04. The van der Waals surface area contributed by atoms with Crippen molar-refractivity contribution in [3.05, 3.63) is 70.7 Å². The van der Waals surface area contributed by atoms with Gasteiger partial charge in [-0.15, -0.1) is 0 Å². The van der Waals surface area contributed by atoms with E-state index in [1.807, 2.05) is 42.5 Å². The number of rotatable bonds is 9. The van der Waals surface area contributed by atoms with Crippen LogP contribution in [0.2, 0.25) is 0 Å². The topological polar surface area (TPSA) is 89.2 Å². The molecular weight excluding hydrogens is 458 g/mol. The Hall–Kier alpha value is -3.00.